The van der Waals surface area contributed by atoms with Crippen LogP contribution in [0.25, 0.3) is 0 Å². The lowest BCUT2D eigenvalue weighted by molar-refractivity contribution is 0.102. The Morgan fingerprint density at radius 2 is 1.84 bits per heavy atom. The first kappa shape index (κ1) is 16.6. The molecule has 1 aromatic heterocycles. The minimum absolute atomic E-state index is 0.267. The fourth-order valence-corrected chi connectivity index (χ4v) is 2.60. The summed E-state index contributed by atoms with van der Waals surface area (Å²) < 4.78 is 0. The molecule has 1 amide bonds. The number of aryl methyl sites for hydroxylation is 2. The topological polar surface area (TPSA) is 66.9 Å². The van der Waals surface area contributed by atoms with Crippen molar-refractivity contribution in [1.82, 2.24) is 9.97 Å². The summed E-state index contributed by atoms with van der Waals surface area (Å²) in [6.45, 7) is 4.16. The normalized spacial score (nSPS) is 10.3. The predicted octanol–water partition coefficient (Wildman–Crippen LogP) is 4.34. The third-order valence-corrected chi connectivity index (χ3v) is 3.92. The number of aromatic nitrogens is 2. The van der Waals surface area contributed by atoms with Crippen LogP contribution in [0.4, 0.5) is 17.2 Å². The SMILES string of the molecule is CCc1cccc(C)c1Nc1cc(C(=O)Nc2ccccc2)ncn1. The number of para-hydroxylation sites is 2. The Bertz CT molecular complexity index is 878. The van der Waals surface area contributed by atoms with E-state index in [4.69, 9.17) is 0 Å². The van der Waals surface area contributed by atoms with Crippen molar-refractivity contribution in [2.45, 2.75) is 20.3 Å². The number of benzene rings is 2. The highest BCUT2D eigenvalue weighted by atomic mass is 16.1. The van der Waals surface area contributed by atoms with Crippen LogP contribution in [0.5, 0.6) is 0 Å². The third kappa shape index (κ3) is 4.01. The molecule has 3 rings (SSSR count). The van der Waals surface area contributed by atoms with Gasteiger partial charge in [-0.3, -0.25) is 4.79 Å². The van der Waals surface area contributed by atoms with E-state index in [1.807, 2.05) is 49.4 Å². The van der Waals surface area contributed by atoms with Gasteiger partial charge in [0.2, 0.25) is 0 Å². The maximum Gasteiger partial charge on any atom is 0.274 e. The van der Waals surface area contributed by atoms with E-state index in [0.29, 0.717) is 11.5 Å². The Labute approximate surface area is 147 Å². The van der Waals surface area contributed by atoms with E-state index in [-0.39, 0.29) is 5.91 Å². The first-order valence-electron chi connectivity index (χ1n) is 8.21. The molecule has 0 fully saturated rings. The third-order valence-electron chi connectivity index (χ3n) is 3.92. The van der Waals surface area contributed by atoms with Gasteiger partial charge in [0.25, 0.3) is 5.91 Å². The molecule has 2 aromatic carbocycles. The van der Waals surface area contributed by atoms with Gasteiger partial charge < -0.3 is 10.6 Å². The lowest BCUT2D eigenvalue weighted by atomic mass is 10.1. The summed E-state index contributed by atoms with van der Waals surface area (Å²) in [4.78, 5) is 20.7. The van der Waals surface area contributed by atoms with E-state index in [1.54, 1.807) is 6.07 Å². The second kappa shape index (κ2) is 7.57. The Kier molecular flexibility index (Phi) is 5.04. The molecule has 0 aliphatic carbocycles. The lowest BCUT2D eigenvalue weighted by Gasteiger charge is -2.13. The van der Waals surface area contributed by atoms with Crippen LogP contribution in [0.3, 0.4) is 0 Å². The van der Waals surface area contributed by atoms with Crippen LogP contribution in [0.2, 0.25) is 0 Å². The van der Waals surface area contributed by atoms with Crippen LogP contribution in [0.1, 0.15) is 28.5 Å². The fourth-order valence-electron chi connectivity index (χ4n) is 2.60. The van der Waals surface area contributed by atoms with Gasteiger partial charge >= 0.3 is 0 Å². The van der Waals surface area contributed by atoms with Gasteiger partial charge in [0, 0.05) is 17.4 Å². The molecule has 0 radical (unpaired) electrons. The molecule has 0 spiro atoms. The average molecular weight is 332 g/mol. The summed E-state index contributed by atoms with van der Waals surface area (Å²) in [5.41, 5.74) is 4.40. The first-order chi connectivity index (χ1) is 12.2. The van der Waals surface area contributed by atoms with Crippen molar-refractivity contribution in [3.63, 3.8) is 0 Å². The van der Waals surface area contributed by atoms with Crippen LogP contribution in [0, 0.1) is 6.92 Å². The second-order valence-corrected chi connectivity index (χ2v) is 5.70. The number of anilines is 3. The van der Waals surface area contributed by atoms with Crippen molar-refractivity contribution < 1.29 is 4.79 Å². The molecule has 5 nitrogen and oxygen atoms in total. The van der Waals surface area contributed by atoms with Crippen molar-refractivity contribution in [3.05, 3.63) is 77.7 Å². The number of rotatable bonds is 5. The van der Waals surface area contributed by atoms with Crippen LogP contribution >= 0.6 is 0 Å². The standard InChI is InChI=1S/C20H20N4O/c1-3-15-9-7-8-14(2)19(15)24-18-12-17(21-13-22-18)20(25)23-16-10-5-4-6-11-16/h4-13H,3H2,1-2H3,(H,23,25)(H,21,22,24). The molecular formula is C20H20N4O. The maximum absolute atomic E-state index is 12.4. The minimum Gasteiger partial charge on any atom is -0.340 e. The molecule has 0 atom stereocenters. The molecule has 5 heteroatoms. The summed E-state index contributed by atoms with van der Waals surface area (Å²) in [6, 6.07) is 17.1. The second-order valence-electron chi connectivity index (χ2n) is 5.70. The Morgan fingerprint density at radius 3 is 2.60 bits per heavy atom. The lowest BCUT2D eigenvalue weighted by Crippen LogP contribution is -2.14. The van der Waals surface area contributed by atoms with Gasteiger partial charge in [-0.15, -0.1) is 0 Å². The first-order valence-corrected chi connectivity index (χ1v) is 8.21. The van der Waals surface area contributed by atoms with Crippen molar-refractivity contribution in [3.8, 4) is 0 Å². The highest BCUT2D eigenvalue weighted by Gasteiger charge is 2.11. The van der Waals surface area contributed by atoms with Gasteiger partial charge in [0.15, 0.2) is 0 Å². The molecule has 0 bridgehead atoms. The number of carbonyl (C=O) groups is 1. The summed E-state index contributed by atoms with van der Waals surface area (Å²) in [7, 11) is 0. The zero-order valence-electron chi connectivity index (χ0n) is 14.3. The number of hydrogen-bond acceptors (Lipinski definition) is 4. The number of nitrogens with zero attached hydrogens (tertiary/aromatic N) is 2. The van der Waals surface area contributed by atoms with E-state index in [9.17, 15) is 4.79 Å². The maximum atomic E-state index is 12.4. The van der Waals surface area contributed by atoms with Crippen molar-refractivity contribution in [1.29, 1.82) is 0 Å². The zero-order chi connectivity index (χ0) is 17.6. The quantitative estimate of drug-likeness (QED) is 0.729. The highest BCUT2D eigenvalue weighted by molar-refractivity contribution is 6.03. The fraction of sp³-hybridized carbons (Fsp3) is 0.150. The number of hydrogen-bond donors (Lipinski definition) is 2. The average Bonchev–Trinajstić information content (AvgIpc) is 2.64. The number of nitrogens with one attached hydrogen (secondary N) is 2. The molecule has 0 aliphatic heterocycles. The minimum atomic E-state index is -0.267. The molecular weight excluding hydrogens is 312 g/mol. The molecule has 0 saturated carbocycles. The molecule has 0 aliphatic rings. The van der Waals surface area contributed by atoms with Crippen LogP contribution < -0.4 is 10.6 Å². The van der Waals surface area contributed by atoms with Crippen LogP contribution in [-0.4, -0.2) is 15.9 Å². The summed E-state index contributed by atoms with van der Waals surface area (Å²) in [5, 5.41) is 6.15. The molecule has 0 saturated heterocycles. The zero-order valence-corrected chi connectivity index (χ0v) is 14.3. The molecule has 0 unspecified atom stereocenters. The van der Waals surface area contributed by atoms with E-state index in [0.717, 1.165) is 23.4 Å². The van der Waals surface area contributed by atoms with E-state index in [1.165, 1.54) is 11.9 Å². The molecule has 25 heavy (non-hydrogen) atoms. The molecule has 126 valence electrons. The van der Waals surface area contributed by atoms with E-state index in [2.05, 4.69) is 33.6 Å². The van der Waals surface area contributed by atoms with Crippen molar-refractivity contribution in [2.24, 2.45) is 0 Å². The monoisotopic (exact) mass is 332 g/mol. The van der Waals surface area contributed by atoms with Gasteiger partial charge in [0.05, 0.1) is 0 Å². The van der Waals surface area contributed by atoms with Gasteiger partial charge in [-0.2, -0.15) is 0 Å². The van der Waals surface area contributed by atoms with Gasteiger partial charge in [-0.1, -0.05) is 43.3 Å². The van der Waals surface area contributed by atoms with Gasteiger partial charge in [-0.05, 0) is 36.6 Å². The summed E-state index contributed by atoms with van der Waals surface area (Å²) >= 11 is 0. The Balaban J connectivity index is 1.81. The molecule has 2 N–H and O–H groups in total. The Hall–Kier alpha value is -3.21. The largest absolute Gasteiger partial charge is 0.340 e. The number of amides is 1. The van der Waals surface area contributed by atoms with Crippen LogP contribution in [-0.2, 0) is 6.42 Å². The van der Waals surface area contributed by atoms with Crippen molar-refractivity contribution in [2.75, 3.05) is 10.6 Å². The van der Waals surface area contributed by atoms with Crippen molar-refractivity contribution >= 4 is 23.1 Å². The summed E-state index contributed by atoms with van der Waals surface area (Å²) in [5.74, 6) is 0.328. The molecule has 1 heterocycles. The highest BCUT2D eigenvalue weighted by Crippen LogP contribution is 2.24. The smallest absolute Gasteiger partial charge is 0.274 e. The van der Waals surface area contributed by atoms with E-state index < -0.39 is 0 Å². The van der Waals surface area contributed by atoms with E-state index >= 15 is 0 Å². The predicted molar refractivity (Wildman–Crippen MR) is 100 cm³/mol. The van der Waals surface area contributed by atoms with Crippen LogP contribution in [0.15, 0.2) is 60.9 Å². The van der Waals surface area contributed by atoms with Gasteiger partial charge in [0.1, 0.15) is 17.8 Å². The molecule has 3 aromatic rings. The Morgan fingerprint density at radius 1 is 1.04 bits per heavy atom. The van der Waals surface area contributed by atoms with Gasteiger partial charge in [-0.25, -0.2) is 9.97 Å². The summed E-state index contributed by atoms with van der Waals surface area (Å²) in [6.07, 6.45) is 2.31. The number of carbonyl (C=O) groups excluding carboxylic acids is 1.